The number of likely N-dealkylation sites (N-methyl/N-ethyl adjacent to an activating group) is 1. The second-order valence-electron chi connectivity index (χ2n) is 3.27. The van der Waals surface area contributed by atoms with Gasteiger partial charge >= 0.3 is 0 Å². The van der Waals surface area contributed by atoms with Crippen LogP contribution in [-0.2, 0) is 0 Å². The summed E-state index contributed by atoms with van der Waals surface area (Å²) in [4.78, 5) is 10.6. The first-order valence-electron chi connectivity index (χ1n) is 4.64. The third-order valence-corrected chi connectivity index (χ3v) is 2.30. The van der Waals surface area contributed by atoms with Crippen LogP contribution in [0.1, 0.15) is 6.92 Å². The molecule has 0 bridgehead atoms. The Morgan fingerprint density at radius 2 is 2.15 bits per heavy atom. The van der Waals surface area contributed by atoms with E-state index in [-0.39, 0.29) is 0 Å². The van der Waals surface area contributed by atoms with Crippen molar-refractivity contribution in [2.75, 3.05) is 25.0 Å². The van der Waals surface area contributed by atoms with Gasteiger partial charge in [-0.2, -0.15) is 0 Å². The van der Waals surface area contributed by atoms with Crippen LogP contribution in [-0.4, -0.2) is 40.5 Å². The molecular formula is C9H14N4. The lowest BCUT2D eigenvalue weighted by molar-refractivity contribution is 0.171. The Bertz CT molecular complexity index is 256. The van der Waals surface area contributed by atoms with Crippen LogP contribution in [0.3, 0.4) is 0 Å². The first-order valence-corrected chi connectivity index (χ1v) is 4.64. The molecule has 0 amide bonds. The van der Waals surface area contributed by atoms with Gasteiger partial charge in [0.15, 0.2) is 0 Å². The zero-order chi connectivity index (χ0) is 9.10. The van der Waals surface area contributed by atoms with E-state index in [0.717, 1.165) is 25.6 Å². The quantitative estimate of drug-likeness (QED) is 0.735. The fourth-order valence-corrected chi connectivity index (χ4v) is 1.48. The molecule has 1 aliphatic rings. The van der Waals surface area contributed by atoms with E-state index >= 15 is 0 Å². The lowest BCUT2D eigenvalue weighted by Crippen LogP contribution is -2.54. The number of rotatable bonds is 3. The van der Waals surface area contributed by atoms with E-state index in [0.29, 0.717) is 6.04 Å². The molecular weight excluding hydrogens is 164 g/mol. The normalized spacial score (nSPS) is 18.2. The average Bonchev–Trinajstić information content (AvgIpc) is 2.12. The molecule has 1 aromatic heterocycles. The van der Waals surface area contributed by atoms with Gasteiger partial charge in [0.2, 0.25) is 5.95 Å². The number of likely N-dealkylation sites (tertiary alicyclic amines) is 1. The van der Waals surface area contributed by atoms with Gasteiger partial charge in [-0.05, 0) is 12.6 Å². The third kappa shape index (κ3) is 1.95. The number of hydrogen-bond acceptors (Lipinski definition) is 4. The van der Waals surface area contributed by atoms with E-state index in [9.17, 15) is 0 Å². The SMILES string of the molecule is CCN1CC(Nc2ncccn2)C1. The number of hydrogen-bond donors (Lipinski definition) is 1. The Hall–Kier alpha value is -1.16. The van der Waals surface area contributed by atoms with Crippen molar-refractivity contribution in [1.29, 1.82) is 0 Å². The summed E-state index contributed by atoms with van der Waals surface area (Å²) in [5, 5.41) is 3.28. The lowest BCUT2D eigenvalue weighted by Gasteiger charge is -2.38. The predicted octanol–water partition coefficient (Wildman–Crippen LogP) is 0.593. The molecule has 0 aliphatic carbocycles. The molecule has 13 heavy (non-hydrogen) atoms. The van der Waals surface area contributed by atoms with Crippen molar-refractivity contribution in [2.45, 2.75) is 13.0 Å². The molecule has 4 nitrogen and oxygen atoms in total. The molecule has 2 heterocycles. The van der Waals surface area contributed by atoms with Crippen LogP contribution in [0.4, 0.5) is 5.95 Å². The minimum Gasteiger partial charge on any atom is -0.349 e. The van der Waals surface area contributed by atoms with E-state index in [4.69, 9.17) is 0 Å². The molecule has 0 unspecified atom stereocenters. The fourth-order valence-electron chi connectivity index (χ4n) is 1.48. The smallest absolute Gasteiger partial charge is 0.222 e. The maximum atomic E-state index is 4.11. The molecule has 70 valence electrons. The Labute approximate surface area is 78.0 Å². The highest BCUT2D eigenvalue weighted by molar-refractivity contribution is 5.25. The summed E-state index contributed by atoms with van der Waals surface area (Å²) in [6.45, 7) is 5.52. The zero-order valence-corrected chi connectivity index (χ0v) is 7.77. The molecule has 1 fully saturated rings. The number of anilines is 1. The highest BCUT2D eigenvalue weighted by atomic mass is 15.3. The summed E-state index contributed by atoms with van der Waals surface area (Å²) < 4.78 is 0. The van der Waals surface area contributed by atoms with E-state index in [2.05, 4.69) is 27.1 Å². The Morgan fingerprint density at radius 1 is 1.46 bits per heavy atom. The van der Waals surface area contributed by atoms with Crippen LogP contribution in [0.5, 0.6) is 0 Å². The topological polar surface area (TPSA) is 41.0 Å². The lowest BCUT2D eigenvalue weighted by atomic mass is 10.1. The van der Waals surface area contributed by atoms with Gasteiger partial charge in [-0.15, -0.1) is 0 Å². The first kappa shape index (κ1) is 8.44. The highest BCUT2D eigenvalue weighted by Gasteiger charge is 2.25. The molecule has 0 spiro atoms. The van der Waals surface area contributed by atoms with Crippen molar-refractivity contribution >= 4 is 5.95 Å². The fraction of sp³-hybridized carbons (Fsp3) is 0.556. The van der Waals surface area contributed by atoms with Gasteiger partial charge in [0.05, 0.1) is 6.04 Å². The highest BCUT2D eigenvalue weighted by Crippen LogP contribution is 2.10. The van der Waals surface area contributed by atoms with Crippen molar-refractivity contribution in [3.8, 4) is 0 Å². The van der Waals surface area contributed by atoms with Crippen LogP contribution in [0.2, 0.25) is 0 Å². The van der Waals surface area contributed by atoms with Crippen molar-refractivity contribution in [3.05, 3.63) is 18.5 Å². The summed E-state index contributed by atoms with van der Waals surface area (Å²) >= 11 is 0. The van der Waals surface area contributed by atoms with Gasteiger partial charge in [-0.25, -0.2) is 9.97 Å². The van der Waals surface area contributed by atoms with Crippen LogP contribution in [0.15, 0.2) is 18.5 Å². The summed E-state index contributed by atoms with van der Waals surface area (Å²) in [7, 11) is 0. The van der Waals surface area contributed by atoms with Gasteiger partial charge in [0, 0.05) is 25.5 Å². The van der Waals surface area contributed by atoms with Crippen molar-refractivity contribution in [1.82, 2.24) is 14.9 Å². The van der Waals surface area contributed by atoms with Crippen molar-refractivity contribution in [3.63, 3.8) is 0 Å². The molecule has 1 aliphatic heterocycles. The largest absolute Gasteiger partial charge is 0.349 e. The standard InChI is InChI=1S/C9H14N4/c1-2-13-6-8(7-13)12-9-10-4-3-5-11-9/h3-5,8H,2,6-7H2,1H3,(H,10,11,12). The molecule has 1 aromatic rings. The average molecular weight is 178 g/mol. The van der Waals surface area contributed by atoms with E-state index in [1.165, 1.54) is 0 Å². The second kappa shape index (κ2) is 3.70. The Kier molecular flexibility index (Phi) is 2.40. The molecule has 0 radical (unpaired) electrons. The zero-order valence-electron chi connectivity index (χ0n) is 7.77. The van der Waals surface area contributed by atoms with Gasteiger partial charge in [-0.1, -0.05) is 6.92 Å². The Balaban J connectivity index is 1.81. The molecule has 0 atom stereocenters. The number of aromatic nitrogens is 2. The van der Waals surface area contributed by atoms with Gasteiger partial charge < -0.3 is 5.32 Å². The molecule has 0 aromatic carbocycles. The van der Waals surface area contributed by atoms with E-state index in [1.807, 2.05) is 6.07 Å². The Morgan fingerprint density at radius 3 is 2.77 bits per heavy atom. The summed E-state index contributed by atoms with van der Waals surface area (Å²) in [6, 6.07) is 2.35. The van der Waals surface area contributed by atoms with E-state index < -0.39 is 0 Å². The third-order valence-electron chi connectivity index (χ3n) is 2.30. The van der Waals surface area contributed by atoms with Gasteiger partial charge in [-0.3, -0.25) is 4.90 Å². The molecule has 0 saturated carbocycles. The molecule has 2 rings (SSSR count). The molecule has 4 heteroatoms. The first-order chi connectivity index (χ1) is 6.38. The minimum absolute atomic E-state index is 0.530. The summed E-state index contributed by atoms with van der Waals surface area (Å²) in [5.41, 5.74) is 0. The van der Waals surface area contributed by atoms with E-state index in [1.54, 1.807) is 12.4 Å². The number of nitrogens with one attached hydrogen (secondary N) is 1. The maximum Gasteiger partial charge on any atom is 0.222 e. The molecule has 1 N–H and O–H groups in total. The maximum absolute atomic E-state index is 4.11. The van der Waals surface area contributed by atoms with Gasteiger partial charge in [0.1, 0.15) is 0 Å². The van der Waals surface area contributed by atoms with Crippen molar-refractivity contribution < 1.29 is 0 Å². The monoisotopic (exact) mass is 178 g/mol. The number of nitrogens with zero attached hydrogens (tertiary/aromatic N) is 3. The van der Waals surface area contributed by atoms with Crippen LogP contribution < -0.4 is 5.32 Å². The van der Waals surface area contributed by atoms with Crippen molar-refractivity contribution in [2.24, 2.45) is 0 Å². The minimum atomic E-state index is 0.530. The van der Waals surface area contributed by atoms with Crippen LogP contribution in [0.25, 0.3) is 0 Å². The van der Waals surface area contributed by atoms with Gasteiger partial charge in [0.25, 0.3) is 0 Å². The second-order valence-corrected chi connectivity index (χ2v) is 3.27. The van der Waals surface area contributed by atoms with Crippen LogP contribution in [0, 0.1) is 0 Å². The summed E-state index contributed by atoms with van der Waals surface area (Å²) in [6.07, 6.45) is 3.51. The van der Waals surface area contributed by atoms with Crippen LogP contribution >= 0.6 is 0 Å². The summed E-state index contributed by atoms with van der Waals surface area (Å²) in [5.74, 6) is 0.739. The molecule has 1 saturated heterocycles. The predicted molar refractivity (Wildman–Crippen MR) is 51.6 cm³/mol.